The number of benzene rings is 2. The number of nitro groups is 1. The Bertz CT molecular complexity index is 999. The maximum Gasteiger partial charge on any atom is 0.336 e. The number of cyclic esters (lactones) is 1. The fourth-order valence-electron chi connectivity index (χ4n) is 3.48. The van der Waals surface area contributed by atoms with Crippen molar-refractivity contribution < 1.29 is 19.2 Å². The Hall–Kier alpha value is -3.00. The molecule has 27 heavy (non-hydrogen) atoms. The van der Waals surface area contributed by atoms with E-state index in [9.17, 15) is 19.7 Å². The van der Waals surface area contributed by atoms with Gasteiger partial charge in [-0.2, -0.15) is 0 Å². The van der Waals surface area contributed by atoms with Crippen LogP contribution in [0.4, 0.5) is 11.4 Å². The number of esters is 1. The first-order valence-corrected chi connectivity index (χ1v) is 8.98. The number of rotatable bonds is 3. The average molecular weight is 429 g/mol. The summed E-state index contributed by atoms with van der Waals surface area (Å²) >= 11 is 3.39. The molecule has 7 nitrogen and oxygen atoms in total. The molecule has 136 valence electrons. The summed E-state index contributed by atoms with van der Waals surface area (Å²) in [5.74, 6) is -1.10. The van der Waals surface area contributed by atoms with E-state index in [-0.39, 0.29) is 24.6 Å². The van der Waals surface area contributed by atoms with Gasteiger partial charge in [-0.3, -0.25) is 19.8 Å². The third kappa shape index (κ3) is 3.02. The third-order valence-electron chi connectivity index (χ3n) is 4.69. The zero-order valence-corrected chi connectivity index (χ0v) is 15.5. The van der Waals surface area contributed by atoms with E-state index in [1.165, 1.54) is 17.0 Å². The standard InChI is InChI=1S/C19H13BrN2O5/c20-12-2-1-3-14(8-12)21-16-10-27-19(24)18(16)15(9-17(21)23)11-4-6-13(7-5-11)22(25)26/h1-8,15H,9-10H2/t15-/m0/s1. The molecule has 0 saturated carbocycles. The number of amides is 1. The first-order chi connectivity index (χ1) is 13.0. The lowest BCUT2D eigenvalue weighted by atomic mass is 9.84. The summed E-state index contributed by atoms with van der Waals surface area (Å²) in [4.78, 5) is 37.2. The molecule has 1 amide bonds. The monoisotopic (exact) mass is 428 g/mol. The van der Waals surface area contributed by atoms with Gasteiger partial charge in [-0.05, 0) is 23.8 Å². The van der Waals surface area contributed by atoms with E-state index in [1.807, 2.05) is 12.1 Å². The molecule has 0 N–H and O–H groups in total. The summed E-state index contributed by atoms with van der Waals surface area (Å²) in [6.45, 7) is 0.0237. The summed E-state index contributed by atoms with van der Waals surface area (Å²) < 4.78 is 6.03. The Balaban J connectivity index is 1.79. The van der Waals surface area contributed by atoms with E-state index in [4.69, 9.17) is 4.74 Å². The number of non-ortho nitro benzene ring substituents is 1. The Morgan fingerprint density at radius 3 is 2.56 bits per heavy atom. The van der Waals surface area contributed by atoms with E-state index in [0.717, 1.165) is 4.47 Å². The minimum atomic E-state index is -0.487. The lowest BCUT2D eigenvalue weighted by Crippen LogP contribution is -2.37. The van der Waals surface area contributed by atoms with E-state index in [0.29, 0.717) is 22.5 Å². The topological polar surface area (TPSA) is 89.7 Å². The van der Waals surface area contributed by atoms with Crippen LogP contribution in [0.2, 0.25) is 0 Å². The molecule has 0 aliphatic carbocycles. The van der Waals surface area contributed by atoms with Crippen LogP contribution in [0.5, 0.6) is 0 Å². The van der Waals surface area contributed by atoms with Gasteiger partial charge >= 0.3 is 5.97 Å². The fourth-order valence-corrected chi connectivity index (χ4v) is 3.87. The fraction of sp³-hybridized carbons (Fsp3) is 0.158. The van der Waals surface area contributed by atoms with Crippen LogP contribution in [-0.4, -0.2) is 23.4 Å². The molecule has 0 radical (unpaired) electrons. The van der Waals surface area contributed by atoms with Crippen molar-refractivity contribution in [2.24, 2.45) is 0 Å². The molecule has 0 fully saturated rings. The van der Waals surface area contributed by atoms with Crippen LogP contribution in [-0.2, 0) is 14.3 Å². The first-order valence-electron chi connectivity index (χ1n) is 8.19. The molecule has 8 heteroatoms. The summed E-state index contributed by atoms with van der Waals surface area (Å²) in [5, 5.41) is 10.9. The zero-order valence-electron chi connectivity index (χ0n) is 13.9. The second kappa shape index (κ2) is 6.62. The molecule has 0 saturated heterocycles. The highest BCUT2D eigenvalue weighted by molar-refractivity contribution is 9.10. The largest absolute Gasteiger partial charge is 0.456 e. The normalized spacial score (nSPS) is 19.1. The lowest BCUT2D eigenvalue weighted by Gasteiger charge is -2.31. The van der Waals surface area contributed by atoms with Gasteiger partial charge in [0.1, 0.15) is 6.61 Å². The Morgan fingerprint density at radius 1 is 1.15 bits per heavy atom. The van der Waals surface area contributed by atoms with Crippen LogP contribution in [0.1, 0.15) is 17.9 Å². The number of anilines is 1. The predicted molar refractivity (Wildman–Crippen MR) is 100 cm³/mol. The molecule has 0 unspecified atom stereocenters. The quantitative estimate of drug-likeness (QED) is 0.422. The predicted octanol–water partition coefficient (Wildman–Crippen LogP) is 3.69. The molecule has 2 aliphatic heterocycles. The Labute approximate surface area is 162 Å². The molecule has 0 bridgehead atoms. The van der Waals surface area contributed by atoms with Crippen LogP contribution in [0.25, 0.3) is 0 Å². The van der Waals surface area contributed by atoms with Crippen molar-refractivity contribution in [2.75, 3.05) is 11.5 Å². The summed E-state index contributed by atoms with van der Waals surface area (Å²) in [7, 11) is 0. The number of nitro benzene ring substituents is 1. The molecule has 0 spiro atoms. The van der Waals surface area contributed by atoms with Gasteiger partial charge in [0.25, 0.3) is 5.69 Å². The molecule has 2 aromatic carbocycles. The number of hydrogen-bond acceptors (Lipinski definition) is 5. The van der Waals surface area contributed by atoms with Crippen molar-refractivity contribution in [3.05, 3.63) is 80.0 Å². The van der Waals surface area contributed by atoms with Crippen molar-refractivity contribution in [1.29, 1.82) is 0 Å². The molecule has 2 heterocycles. The molecule has 0 aromatic heterocycles. The Kier molecular flexibility index (Phi) is 4.27. The van der Waals surface area contributed by atoms with Gasteiger partial charge in [0.05, 0.1) is 16.2 Å². The maximum absolute atomic E-state index is 12.9. The number of nitrogens with zero attached hydrogens (tertiary/aromatic N) is 2. The average Bonchev–Trinajstić information content (AvgIpc) is 3.02. The van der Waals surface area contributed by atoms with Gasteiger partial charge in [-0.15, -0.1) is 0 Å². The van der Waals surface area contributed by atoms with Crippen LogP contribution < -0.4 is 4.90 Å². The summed E-state index contributed by atoms with van der Waals surface area (Å²) in [6.07, 6.45) is 0.0816. The van der Waals surface area contributed by atoms with Crippen molar-refractivity contribution in [2.45, 2.75) is 12.3 Å². The number of hydrogen-bond donors (Lipinski definition) is 0. The molecule has 2 aliphatic rings. The minimum absolute atomic E-state index is 0.0237. The lowest BCUT2D eigenvalue weighted by molar-refractivity contribution is -0.384. The summed E-state index contributed by atoms with van der Waals surface area (Å²) in [6, 6.07) is 13.2. The van der Waals surface area contributed by atoms with Crippen molar-refractivity contribution in [3.63, 3.8) is 0 Å². The van der Waals surface area contributed by atoms with Gasteiger partial charge in [0.2, 0.25) is 5.91 Å². The summed E-state index contributed by atoms with van der Waals surface area (Å²) in [5.41, 5.74) is 2.25. The molecule has 4 rings (SSSR count). The first kappa shape index (κ1) is 17.4. The smallest absolute Gasteiger partial charge is 0.336 e. The van der Waals surface area contributed by atoms with Gasteiger partial charge in [-0.1, -0.05) is 34.1 Å². The molecular formula is C19H13BrN2O5. The van der Waals surface area contributed by atoms with Gasteiger partial charge in [-0.25, -0.2) is 4.79 Å². The second-order valence-electron chi connectivity index (χ2n) is 6.25. The zero-order chi connectivity index (χ0) is 19.1. The highest BCUT2D eigenvalue weighted by Gasteiger charge is 2.43. The SMILES string of the molecule is O=C1OCC2=C1[C@H](c1ccc([N+](=O)[O-])cc1)CC(=O)N2c1cccc(Br)c1. The highest BCUT2D eigenvalue weighted by Crippen LogP contribution is 2.42. The Morgan fingerprint density at radius 2 is 1.89 bits per heavy atom. The number of carbonyl (C=O) groups is 2. The second-order valence-corrected chi connectivity index (χ2v) is 7.17. The van der Waals surface area contributed by atoms with E-state index < -0.39 is 16.8 Å². The molecule has 2 aromatic rings. The minimum Gasteiger partial charge on any atom is -0.456 e. The number of carbonyl (C=O) groups excluding carboxylic acids is 2. The van der Waals surface area contributed by atoms with Gasteiger partial charge < -0.3 is 4.74 Å². The van der Waals surface area contributed by atoms with Crippen LogP contribution in [0.15, 0.2) is 64.3 Å². The van der Waals surface area contributed by atoms with Gasteiger partial charge in [0, 0.05) is 34.6 Å². The van der Waals surface area contributed by atoms with Crippen molar-refractivity contribution in [3.8, 4) is 0 Å². The maximum atomic E-state index is 12.9. The van der Waals surface area contributed by atoms with E-state index in [1.54, 1.807) is 24.3 Å². The van der Waals surface area contributed by atoms with Crippen LogP contribution in [0, 0.1) is 10.1 Å². The third-order valence-corrected chi connectivity index (χ3v) is 5.18. The molecule has 1 atom stereocenters. The van der Waals surface area contributed by atoms with Crippen molar-refractivity contribution in [1.82, 2.24) is 0 Å². The number of halogens is 1. The van der Waals surface area contributed by atoms with E-state index in [2.05, 4.69) is 15.9 Å². The van der Waals surface area contributed by atoms with Gasteiger partial charge in [0.15, 0.2) is 0 Å². The number of ether oxygens (including phenoxy) is 1. The highest BCUT2D eigenvalue weighted by atomic mass is 79.9. The van der Waals surface area contributed by atoms with Crippen LogP contribution >= 0.6 is 15.9 Å². The van der Waals surface area contributed by atoms with Crippen molar-refractivity contribution >= 4 is 39.2 Å². The van der Waals surface area contributed by atoms with Crippen LogP contribution in [0.3, 0.4) is 0 Å². The molecular weight excluding hydrogens is 416 g/mol. The van der Waals surface area contributed by atoms with E-state index >= 15 is 0 Å².